The molecule has 3 aromatic rings. The van der Waals surface area contributed by atoms with Gasteiger partial charge in [-0.15, -0.1) is 0 Å². The molecule has 6 nitrogen and oxygen atoms in total. The molecule has 1 aliphatic heterocycles. The van der Waals surface area contributed by atoms with Crippen molar-refractivity contribution in [3.05, 3.63) is 53.8 Å². The fourth-order valence-electron chi connectivity index (χ4n) is 3.55. The summed E-state index contributed by atoms with van der Waals surface area (Å²) < 4.78 is 19.7. The van der Waals surface area contributed by atoms with Crippen LogP contribution in [0.5, 0.6) is 0 Å². The summed E-state index contributed by atoms with van der Waals surface area (Å²) in [7, 11) is 0. The largest absolute Gasteiger partial charge is 0.462 e. The van der Waals surface area contributed by atoms with Crippen molar-refractivity contribution < 1.29 is 18.7 Å². The summed E-state index contributed by atoms with van der Waals surface area (Å²) in [5.74, 6) is -0.977. The van der Waals surface area contributed by atoms with Crippen LogP contribution in [0.1, 0.15) is 30.1 Å². The number of fused-ring (bicyclic) bond motifs is 1. The Labute approximate surface area is 177 Å². The molecule has 1 atom stereocenters. The van der Waals surface area contributed by atoms with Crippen LogP contribution in [0.3, 0.4) is 0 Å². The fourth-order valence-corrected chi connectivity index (χ4v) is 4.57. The third-order valence-electron chi connectivity index (χ3n) is 5.08. The van der Waals surface area contributed by atoms with Crippen LogP contribution in [0.4, 0.5) is 15.2 Å². The van der Waals surface area contributed by atoms with Crippen LogP contribution in [-0.2, 0) is 9.53 Å². The Balaban J connectivity index is 1.42. The number of carbonyl (C=O) groups is 2. The van der Waals surface area contributed by atoms with Crippen LogP contribution in [-0.4, -0.2) is 36.6 Å². The maximum absolute atomic E-state index is 14.0. The van der Waals surface area contributed by atoms with Crippen LogP contribution in [0, 0.1) is 11.7 Å². The molecule has 1 unspecified atom stereocenters. The van der Waals surface area contributed by atoms with E-state index >= 15 is 0 Å². The van der Waals surface area contributed by atoms with Gasteiger partial charge in [-0.05, 0) is 56.2 Å². The van der Waals surface area contributed by atoms with Gasteiger partial charge in [0.2, 0.25) is 5.91 Å². The van der Waals surface area contributed by atoms with Gasteiger partial charge >= 0.3 is 5.97 Å². The molecule has 156 valence electrons. The normalized spacial score (nSPS) is 16.5. The predicted octanol–water partition coefficient (Wildman–Crippen LogP) is 4.47. The second-order valence-electron chi connectivity index (χ2n) is 7.16. The van der Waals surface area contributed by atoms with Gasteiger partial charge in [-0.1, -0.05) is 17.4 Å². The summed E-state index contributed by atoms with van der Waals surface area (Å²) in [5.41, 5.74) is 1.46. The lowest BCUT2D eigenvalue weighted by Gasteiger charge is -2.31. The molecule has 1 aliphatic rings. The van der Waals surface area contributed by atoms with Crippen molar-refractivity contribution in [2.45, 2.75) is 19.8 Å². The lowest BCUT2D eigenvalue weighted by molar-refractivity contribution is -0.120. The number of ether oxygens (including phenoxy) is 1. The molecule has 0 spiro atoms. The number of nitrogens with one attached hydrogen (secondary N) is 1. The molecule has 0 radical (unpaired) electrons. The zero-order valence-corrected chi connectivity index (χ0v) is 17.4. The standard InChI is InChI=1S/C22H22FN3O3S/c1-2-29-21(28)14-8-10-16(11-9-14)24-20(27)15-5-4-12-26(13-15)22-25-19-17(23)6-3-7-18(19)30-22/h3,6-11,15H,2,4-5,12-13H2,1H3,(H,24,27). The van der Waals surface area contributed by atoms with E-state index < -0.39 is 0 Å². The first-order valence-electron chi connectivity index (χ1n) is 9.93. The Morgan fingerprint density at radius 3 is 2.80 bits per heavy atom. The SMILES string of the molecule is CCOC(=O)c1ccc(NC(=O)C2CCCN(c3nc4c(F)cccc4s3)C2)cc1. The number of thiazole rings is 1. The highest BCUT2D eigenvalue weighted by atomic mass is 32.1. The highest BCUT2D eigenvalue weighted by Gasteiger charge is 2.28. The van der Waals surface area contributed by atoms with Crippen LogP contribution >= 0.6 is 11.3 Å². The number of esters is 1. The van der Waals surface area contributed by atoms with Crippen molar-refractivity contribution in [2.24, 2.45) is 5.92 Å². The zero-order chi connectivity index (χ0) is 21.1. The first kappa shape index (κ1) is 20.3. The number of aromatic nitrogens is 1. The van der Waals surface area contributed by atoms with E-state index in [0.717, 1.165) is 29.2 Å². The van der Waals surface area contributed by atoms with E-state index in [9.17, 15) is 14.0 Å². The monoisotopic (exact) mass is 427 g/mol. The molecule has 0 saturated carbocycles. The number of halogens is 1. The molecule has 0 aliphatic carbocycles. The summed E-state index contributed by atoms with van der Waals surface area (Å²) in [6.07, 6.45) is 1.64. The van der Waals surface area contributed by atoms with E-state index in [1.165, 1.54) is 17.4 Å². The number of benzene rings is 2. The van der Waals surface area contributed by atoms with Gasteiger partial charge in [0.15, 0.2) is 5.13 Å². The van der Waals surface area contributed by atoms with Crippen LogP contribution in [0.2, 0.25) is 0 Å². The lowest BCUT2D eigenvalue weighted by atomic mass is 9.97. The molecule has 4 rings (SSSR count). The van der Waals surface area contributed by atoms with Crippen LogP contribution < -0.4 is 10.2 Å². The van der Waals surface area contributed by atoms with E-state index in [1.54, 1.807) is 37.3 Å². The number of amides is 1. The Morgan fingerprint density at radius 2 is 2.07 bits per heavy atom. The number of anilines is 2. The fraction of sp³-hybridized carbons (Fsp3) is 0.318. The minimum atomic E-state index is -0.384. The van der Waals surface area contributed by atoms with Crippen molar-refractivity contribution in [1.29, 1.82) is 0 Å². The van der Waals surface area contributed by atoms with Crippen LogP contribution in [0.15, 0.2) is 42.5 Å². The van der Waals surface area contributed by atoms with E-state index in [4.69, 9.17) is 4.74 Å². The zero-order valence-electron chi connectivity index (χ0n) is 16.6. The van der Waals surface area contributed by atoms with Gasteiger partial charge in [0, 0.05) is 18.8 Å². The quantitative estimate of drug-likeness (QED) is 0.609. The summed E-state index contributed by atoms with van der Waals surface area (Å²) in [4.78, 5) is 31.0. The molecule has 0 bridgehead atoms. The van der Waals surface area contributed by atoms with Gasteiger partial charge in [-0.25, -0.2) is 14.2 Å². The Hall–Kier alpha value is -3.00. The van der Waals surface area contributed by atoms with E-state index in [2.05, 4.69) is 15.2 Å². The number of nitrogens with zero attached hydrogens (tertiary/aromatic N) is 2. The van der Waals surface area contributed by atoms with Gasteiger partial charge in [0.25, 0.3) is 0 Å². The average Bonchev–Trinajstić information content (AvgIpc) is 3.20. The third kappa shape index (κ3) is 4.28. The molecule has 2 heterocycles. The molecular weight excluding hydrogens is 405 g/mol. The number of carbonyl (C=O) groups excluding carboxylic acids is 2. The van der Waals surface area contributed by atoms with Crippen molar-refractivity contribution in [3.63, 3.8) is 0 Å². The first-order valence-corrected chi connectivity index (χ1v) is 10.7. The summed E-state index contributed by atoms with van der Waals surface area (Å²) >= 11 is 1.44. The third-order valence-corrected chi connectivity index (χ3v) is 6.17. The van der Waals surface area contributed by atoms with Gasteiger partial charge in [0.05, 0.1) is 22.8 Å². The average molecular weight is 428 g/mol. The number of hydrogen-bond acceptors (Lipinski definition) is 6. The maximum Gasteiger partial charge on any atom is 0.338 e. The molecular formula is C22H22FN3O3S. The highest BCUT2D eigenvalue weighted by Crippen LogP contribution is 2.32. The second kappa shape index (κ2) is 8.79. The number of hydrogen-bond donors (Lipinski definition) is 1. The molecule has 1 amide bonds. The summed E-state index contributed by atoms with van der Waals surface area (Å²) in [6.45, 7) is 3.40. The number of piperidine rings is 1. The first-order chi connectivity index (χ1) is 14.5. The second-order valence-corrected chi connectivity index (χ2v) is 8.16. The Bertz CT molecular complexity index is 1070. The van der Waals surface area contributed by atoms with Crippen molar-refractivity contribution >= 4 is 44.2 Å². The number of para-hydroxylation sites is 1. The predicted molar refractivity (Wildman–Crippen MR) is 116 cm³/mol. The van der Waals surface area contributed by atoms with Crippen LogP contribution in [0.25, 0.3) is 10.2 Å². The molecule has 1 N–H and O–H groups in total. The lowest BCUT2D eigenvalue weighted by Crippen LogP contribution is -2.40. The Morgan fingerprint density at radius 1 is 1.27 bits per heavy atom. The topological polar surface area (TPSA) is 71.5 Å². The van der Waals surface area contributed by atoms with Gasteiger partial charge in [-0.3, -0.25) is 4.79 Å². The molecule has 8 heteroatoms. The van der Waals surface area contributed by atoms with Crippen molar-refractivity contribution in [2.75, 3.05) is 29.9 Å². The van der Waals surface area contributed by atoms with E-state index in [1.807, 2.05) is 6.07 Å². The van der Waals surface area contributed by atoms with E-state index in [-0.39, 0.29) is 23.6 Å². The van der Waals surface area contributed by atoms with Gasteiger partial charge in [-0.2, -0.15) is 0 Å². The molecule has 30 heavy (non-hydrogen) atoms. The molecule has 2 aromatic carbocycles. The smallest absolute Gasteiger partial charge is 0.338 e. The molecule has 1 fully saturated rings. The van der Waals surface area contributed by atoms with Crippen molar-refractivity contribution in [1.82, 2.24) is 4.98 Å². The minimum Gasteiger partial charge on any atom is -0.462 e. The minimum absolute atomic E-state index is 0.0733. The summed E-state index contributed by atoms with van der Waals surface area (Å²) in [5, 5.41) is 3.66. The van der Waals surface area contributed by atoms with E-state index in [0.29, 0.717) is 29.9 Å². The highest BCUT2D eigenvalue weighted by molar-refractivity contribution is 7.22. The Kier molecular flexibility index (Phi) is 5.94. The molecule has 1 aromatic heterocycles. The van der Waals surface area contributed by atoms with Crippen molar-refractivity contribution in [3.8, 4) is 0 Å². The number of rotatable bonds is 5. The van der Waals surface area contributed by atoms with Gasteiger partial charge < -0.3 is 15.0 Å². The van der Waals surface area contributed by atoms with Gasteiger partial charge in [0.1, 0.15) is 11.3 Å². The summed E-state index contributed by atoms with van der Waals surface area (Å²) in [6, 6.07) is 11.6. The molecule has 1 saturated heterocycles. The maximum atomic E-state index is 14.0.